The Balaban J connectivity index is 2.05. The van der Waals surface area contributed by atoms with E-state index in [1.807, 2.05) is 31.2 Å². The number of benzene rings is 1. The van der Waals surface area contributed by atoms with Crippen LogP contribution in [0.25, 0.3) is 11.1 Å². The summed E-state index contributed by atoms with van der Waals surface area (Å²) in [6.45, 7) is 8.40. The molecular weight excluding hydrogens is 358 g/mol. The van der Waals surface area contributed by atoms with Crippen molar-refractivity contribution >= 4 is 17.5 Å². The van der Waals surface area contributed by atoms with E-state index in [1.165, 1.54) is 38.0 Å². The highest BCUT2D eigenvalue weighted by atomic mass is 35.5. The van der Waals surface area contributed by atoms with Crippen molar-refractivity contribution in [2.24, 2.45) is 5.73 Å². The fraction of sp³-hybridized carbons (Fsp3) is 0.500. The van der Waals surface area contributed by atoms with Crippen molar-refractivity contribution in [2.45, 2.75) is 52.5 Å². The molecule has 0 unspecified atom stereocenters. The van der Waals surface area contributed by atoms with Gasteiger partial charge in [-0.25, -0.2) is 0 Å². The minimum atomic E-state index is -0.378. The van der Waals surface area contributed by atoms with Crippen molar-refractivity contribution in [1.29, 1.82) is 0 Å². The van der Waals surface area contributed by atoms with E-state index in [4.69, 9.17) is 17.3 Å². The topological polar surface area (TPSA) is 51.3 Å². The van der Waals surface area contributed by atoms with Gasteiger partial charge in [-0.15, -0.1) is 0 Å². The van der Waals surface area contributed by atoms with Crippen molar-refractivity contribution in [2.75, 3.05) is 19.6 Å². The SMILES string of the molecule is CCCc1c(-c2ccccc2Cl)c(C(N)=O)c(C)n1CCN1CCCCC1. The number of nitrogens with zero attached hydrogens (tertiary/aromatic N) is 2. The molecule has 0 bridgehead atoms. The first kappa shape index (κ1) is 20.0. The van der Waals surface area contributed by atoms with Crippen molar-refractivity contribution in [3.8, 4) is 11.1 Å². The van der Waals surface area contributed by atoms with Crippen LogP contribution in [0.3, 0.4) is 0 Å². The molecule has 2 aromatic rings. The Morgan fingerprint density at radius 3 is 2.48 bits per heavy atom. The second-order valence-electron chi connectivity index (χ2n) is 7.43. The second kappa shape index (κ2) is 8.94. The summed E-state index contributed by atoms with van der Waals surface area (Å²) in [5, 5.41) is 0.658. The fourth-order valence-corrected chi connectivity index (χ4v) is 4.51. The van der Waals surface area contributed by atoms with E-state index in [2.05, 4.69) is 16.4 Å². The molecule has 1 aromatic carbocycles. The predicted molar refractivity (Wildman–Crippen MR) is 112 cm³/mol. The van der Waals surface area contributed by atoms with Gasteiger partial charge < -0.3 is 15.2 Å². The summed E-state index contributed by atoms with van der Waals surface area (Å²) in [6.07, 6.45) is 5.80. The summed E-state index contributed by atoms with van der Waals surface area (Å²) in [4.78, 5) is 14.9. The molecule has 1 aliphatic rings. The highest BCUT2D eigenvalue weighted by Gasteiger charge is 2.25. The zero-order valence-electron chi connectivity index (χ0n) is 16.4. The van der Waals surface area contributed by atoms with E-state index in [0.717, 1.165) is 42.8 Å². The van der Waals surface area contributed by atoms with Gasteiger partial charge in [-0.3, -0.25) is 4.79 Å². The molecule has 1 saturated heterocycles. The number of amides is 1. The fourth-order valence-electron chi connectivity index (χ4n) is 4.28. The molecule has 1 aromatic heterocycles. The Morgan fingerprint density at radius 1 is 1.15 bits per heavy atom. The Kier molecular flexibility index (Phi) is 6.61. The zero-order valence-corrected chi connectivity index (χ0v) is 17.2. The highest BCUT2D eigenvalue weighted by Crippen LogP contribution is 2.37. The van der Waals surface area contributed by atoms with E-state index in [-0.39, 0.29) is 5.91 Å². The maximum absolute atomic E-state index is 12.4. The Labute approximate surface area is 167 Å². The average molecular weight is 388 g/mol. The maximum Gasteiger partial charge on any atom is 0.251 e. The Morgan fingerprint density at radius 2 is 1.85 bits per heavy atom. The number of rotatable bonds is 7. The molecule has 1 fully saturated rings. The van der Waals surface area contributed by atoms with Gasteiger partial charge in [0.25, 0.3) is 5.91 Å². The number of primary amides is 1. The summed E-state index contributed by atoms with van der Waals surface area (Å²) in [5.41, 5.74) is 10.4. The van der Waals surface area contributed by atoms with Crippen molar-refractivity contribution in [1.82, 2.24) is 9.47 Å². The molecule has 3 rings (SSSR count). The third-order valence-corrected chi connectivity index (χ3v) is 5.93. The molecule has 4 nitrogen and oxygen atoms in total. The van der Waals surface area contributed by atoms with E-state index in [0.29, 0.717) is 10.6 Å². The third kappa shape index (κ3) is 4.22. The number of piperidine rings is 1. The minimum absolute atomic E-state index is 0.378. The highest BCUT2D eigenvalue weighted by molar-refractivity contribution is 6.33. The van der Waals surface area contributed by atoms with Crippen LogP contribution in [0.5, 0.6) is 0 Å². The van der Waals surface area contributed by atoms with Crippen LogP contribution in [0.15, 0.2) is 24.3 Å². The number of likely N-dealkylation sites (tertiary alicyclic amines) is 1. The smallest absolute Gasteiger partial charge is 0.251 e. The molecule has 0 saturated carbocycles. The lowest BCUT2D eigenvalue weighted by Gasteiger charge is -2.27. The number of carbonyl (C=O) groups is 1. The van der Waals surface area contributed by atoms with E-state index in [9.17, 15) is 4.79 Å². The normalized spacial score (nSPS) is 15.2. The van der Waals surface area contributed by atoms with E-state index in [1.54, 1.807) is 0 Å². The van der Waals surface area contributed by atoms with Gasteiger partial charge in [0.05, 0.1) is 5.56 Å². The lowest BCUT2D eigenvalue weighted by Crippen LogP contribution is -2.33. The van der Waals surface area contributed by atoms with Crippen LogP contribution in [0, 0.1) is 6.92 Å². The van der Waals surface area contributed by atoms with Gasteiger partial charge in [-0.2, -0.15) is 0 Å². The molecular formula is C22H30ClN3O. The molecule has 2 N–H and O–H groups in total. The summed E-state index contributed by atoms with van der Waals surface area (Å²) in [7, 11) is 0. The van der Waals surface area contributed by atoms with Crippen LogP contribution in [-0.4, -0.2) is 35.0 Å². The van der Waals surface area contributed by atoms with E-state index < -0.39 is 0 Å². The molecule has 0 atom stereocenters. The number of hydrogen-bond donors (Lipinski definition) is 1. The molecule has 27 heavy (non-hydrogen) atoms. The van der Waals surface area contributed by atoms with Gasteiger partial charge in [0, 0.05) is 40.6 Å². The number of aromatic nitrogens is 1. The lowest BCUT2D eigenvalue weighted by atomic mass is 9.98. The van der Waals surface area contributed by atoms with Gasteiger partial charge in [-0.1, -0.05) is 49.6 Å². The molecule has 5 heteroatoms. The molecule has 1 aliphatic heterocycles. The van der Waals surface area contributed by atoms with Crippen LogP contribution >= 0.6 is 11.6 Å². The quantitative estimate of drug-likeness (QED) is 0.751. The standard InChI is InChI=1S/C22H30ClN3O/c1-3-9-19-21(17-10-5-6-11-18(17)23)20(22(24)27)16(2)26(19)15-14-25-12-7-4-8-13-25/h5-6,10-11H,3-4,7-9,12-15H2,1-2H3,(H2,24,27). The maximum atomic E-state index is 12.4. The predicted octanol–water partition coefficient (Wildman–Crippen LogP) is 4.65. The number of carbonyl (C=O) groups excluding carboxylic acids is 1. The first-order chi connectivity index (χ1) is 13.0. The van der Waals surface area contributed by atoms with Crippen LogP contribution in [0.2, 0.25) is 5.02 Å². The third-order valence-electron chi connectivity index (χ3n) is 5.60. The van der Waals surface area contributed by atoms with Gasteiger partial charge >= 0.3 is 0 Å². The first-order valence-corrected chi connectivity index (χ1v) is 10.4. The molecule has 1 amide bonds. The monoisotopic (exact) mass is 387 g/mol. The summed E-state index contributed by atoms with van der Waals surface area (Å²) in [5.74, 6) is -0.378. The summed E-state index contributed by atoms with van der Waals surface area (Å²) < 4.78 is 2.30. The van der Waals surface area contributed by atoms with E-state index >= 15 is 0 Å². The van der Waals surface area contributed by atoms with Crippen molar-refractivity contribution < 1.29 is 4.79 Å². The lowest BCUT2D eigenvalue weighted by molar-refractivity contribution is 0.1000. The Bertz CT molecular complexity index is 806. The van der Waals surface area contributed by atoms with Crippen LogP contribution in [0.4, 0.5) is 0 Å². The first-order valence-electron chi connectivity index (χ1n) is 10.0. The molecule has 146 valence electrons. The van der Waals surface area contributed by atoms with Crippen molar-refractivity contribution in [3.05, 3.63) is 46.2 Å². The van der Waals surface area contributed by atoms with Crippen molar-refractivity contribution in [3.63, 3.8) is 0 Å². The minimum Gasteiger partial charge on any atom is -0.366 e. The van der Waals surface area contributed by atoms with Crippen LogP contribution in [0.1, 0.15) is 54.4 Å². The van der Waals surface area contributed by atoms with Gasteiger partial charge in [0.2, 0.25) is 0 Å². The molecule has 2 heterocycles. The zero-order chi connectivity index (χ0) is 19.4. The number of hydrogen-bond acceptors (Lipinski definition) is 2. The largest absolute Gasteiger partial charge is 0.366 e. The number of nitrogens with two attached hydrogens (primary N) is 1. The summed E-state index contributed by atoms with van der Waals surface area (Å²) in [6, 6.07) is 7.73. The number of halogens is 1. The molecule has 0 radical (unpaired) electrons. The van der Waals surface area contributed by atoms with Gasteiger partial charge in [0.15, 0.2) is 0 Å². The molecule has 0 aliphatic carbocycles. The molecule has 0 spiro atoms. The van der Waals surface area contributed by atoms with Crippen LogP contribution in [-0.2, 0) is 13.0 Å². The summed E-state index contributed by atoms with van der Waals surface area (Å²) >= 11 is 6.50. The second-order valence-corrected chi connectivity index (χ2v) is 7.84. The Hall–Kier alpha value is -1.78. The average Bonchev–Trinajstić information content (AvgIpc) is 2.93. The van der Waals surface area contributed by atoms with Gasteiger partial charge in [-0.05, 0) is 45.3 Å². The van der Waals surface area contributed by atoms with Gasteiger partial charge in [0.1, 0.15) is 0 Å². The van der Waals surface area contributed by atoms with Crippen LogP contribution < -0.4 is 5.73 Å².